The summed E-state index contributed by atoms with van der Waals surface area (Å²) in [6, 6.07) is 4.01. The Hall–Kier alpha value is -1.18. The van der Waals surface area contributed by atoms with E-state index in [2.05, 4.69) is 0 Å². The van der Waals surface area contributed by atoms with Gasteiger partial charge in [0.25, 0.3) is 0 Å². The highest BCUT2D eigenvalue weighted by Gasteiger charge is 2.17. The van der Waals surface area contributed by atoms with E-state index in [0.29, 0.717) is 0 Å². The zero-order valence-corrected chi connectivity index (χ0v) is 8.80. The first-order valence-corrected chi connectivity index (χ1v) is 5.09. The van der Waals surface area contributed by atoms with Crippen LogP contribution < -0.4 is 9.47 Å². The van der Waals surface area contributed by atoms with Gasteiger partial charge in [-0.2, -0.15) is 0 Å². The van der Waals surface area contributed by atoms with E-state index in [1.54, 1.807) is 14.2 Å². The minimum Gasteiger partial charge on any atom is -0.496 e. The average Bonchev–Trinajstić information content (AvgIpc) is 2.27. The fourth-order valence-corrected chi connectivity index (χ4v) is 2.18. The molecule has 0 amide bonds. The van der Waals surface area contributed by atoms with Crippen LogP contribution in [0.25, 0.3) is 0 Å². The van der Waals surface area contributed by atoms with Crippen LogP contribution in [0.3, 0.4) is 0 Å². The quantitative estimate of drug-likeness (QED) is 0.717. The zero-order chi connectivity index (χ0) is 9.97. The fraction of sp³-hybridized carbons (Fsp3) is 0.500. The summed E-state index contributed by atoms with van der Waals surface area (Å²) in [6.45, 7) is 0. The Kier molecular flexibility index (Phi) is 2.62. The van der Waals surface area contributed by atoms with Gasteiger partial charge >= 0.3 is 0 Å². The lowest BCUT2D eigenvalue weighted by Gasteiger charge is -2.20. The molecule has 2 heteroatoms. The van der Waals surface area contributed by atoms with Gasteiger partial charge in [0, 0.05) is 11.1 Å². The molecule has 1 aliphatic carbocycles. The number of benzene rings is 1. The second kappa shape index (κ2) is 3.91. The maximum Gasteiger partial charge on any atom is 0.122 e. The average molecular weight is 192 g/mol. The number of ether oxygens (including phenoxy) is 2. The Morgan fingerprint density at radius 3 is 1.64 bits per heavy atom. The van der Waals surface area contributed by atoms with Gasteiger partial charge in [-0.3, -0.25) is 0 Å². The molecule has 0 aromatic heterocycles. The van der Waals surface area contributed by atoms with Crippen molar-refractivity contribution in [3.05, 3.63) is 23.3 Å². The summed E-state index contributed by atoms with van der Waals surface area (Å²) >= 11 is 0. The third-order valence-electron chi connectivity index (χ3n) is 2.89. The first-order valence-electron chi connectivity index (χ1n) is 5.09. The lowest BCUT2D eigenvalue weighted by molar-refractivity contribution is 0.389. The molecule has 2 nitrogen and oxygen atoms in total. The van der Waals surface area contributed by atoms with Gasteiger partial charge in [0.2, 0.25) is 0 Å². The summed E-state index contributed by atoms with van der Waals surface area (Å²) in [5, 5.41) is 0. The summed E-state index contributed by atoms with van der Waals surface area (Å²) in [4.78, 5) is 0. The molecule has 0 atom stereocenters. The van der Waals surface area contributed by atoms with Gasteiger partial charge in [0.05, 0.1) is 14.2 Å². The van der Waals surface area contributed by atoms with Crippen molar-refractivity contribution < 1.29 is 9.47 Å². The van der Waals surface area contributed by atoms with E-state index >= 15 is 0 Å². The molecule has 0 fully saturated rings. The molecule has 1 aromatic rings. The number of fused-ring (bicyclic) bond motifs is 1. The molecule has 0 radical (unpaired) electrons. The van der Waals surface area contributed by atoms with Crippen LogP contribution in [0.5, 0.6) is 11.5 Å². The van der Waals surface area contributed by atoms with E-state index in [-0.39, 0.29) is 0 Å². The Bertz CT molecular complexity index is 298. The smallest absolute Gasteiger partial charge is 0.122 e. The van der Waals surface area contributed by atoms with Crippen molar-refractivity contribution in [3.8, 4) is 11.5 Å². The first kappa shape index (κ1) is 9.38. The minimum absolute atomic E-state index is 1.01. The second-order valence-corrected chi connectivity index (χ2v) is 3.63. The summed E-state index contributed by atoms with van der Waals surface area (Å²) in [7, 11) is 3.47. The van der Waals surface area contributed by atoms with Crippen molar-refractivity contribution in [1.29, 1.82) is 0 Å². The molecule has 2 rings (SSSR count). The number of hydrogen-bond donors (Lipinski definition) is 0. The Balaban J connectivity index is 2.50. The molecular formula is C12H16O2. The largest absolute Gasteiger partial charge is 0.496 e. The van der Waals surface area contributed by atoms with E-state index in [1.165, 1.54) is 24.0 Å². The highest BCUT2D eigenvalue weighted by atomic mass is 16.5. The second-order valence-electron chi connectivity index (χ2n) is 3.63. The summed E-state index contributed by atoms with van der Waals surface area (Å²) in [6.07, 6.45) is 4.76. The molecule has 1 aliphatic rings. The van der Waals surface area contributed by atoms with E-state index in [0.717, 1.165) is 24.3 Å². The van der Waals surface area contributed by atoms with Gasteiger partial charge < -0.3 is 9.47 Å². The maximum atomic E-state index is 5.36. The first-order chi connectivity index (χ1) is 6.86. The fourth-order valence-electron chi connectivity index (χ4n) is 2.18. The number of rotatable bonds is 2. The van der Waals surface area contributed by atoms with Crippen molar-refractivity contribution in [1.82, 2.24) is 0 Å². The molecule has 14 heavy (non-hydrogen) atoms. The molecule has 0 spiro atoms. The van der Waals surface area contributed by atoms with Crippen LogP contribution in [0.2, 0.25) is 0 Å². The molecule has 0 N–H and O–H groups in total. The van der Waals surface area contributed by atoms with Gasteiger partial charge in [0.1, 0.15) is 11.5 Å². The third-order valence-corrected chi connectivity index (χ3v) is 2.89. The topological polar surface area (TPSA) is 18.5 Å². The molecule has 0 bridgehead atoms. The van der Waals surface area contributed by atoms with E-state index < -0.39 is 0 Å². The Morgan fingerprint density at radius 2 is 1.29 bits per heavy atom. The van der Waals surface area contributed by atoms with Crippen molar-refractivity contribution in [2.75, 3.05) is 14.2 Å². The predicted octanol–water partition coefficient (Wildman–Crippen LogP) is 2.58. The number of hydrogen-bond acceptors (Lipinski definition) is 2. The van der Waals surface area contributed by atoms with Gasteiger partial charge in [-0.1, -0.05) is 0 Å². The van der Waals surface area contributed by atoms with Crippen molar-refractivity contribution in [3.63, 3.8) is 0 Å². The van der Waals surface area contributed by atoms with E-state index in [4.69, 9.17) is 9.47 Å². The van der Waals surface area contributed by atoms with Crippen LogP contribution in [-0.2, 0) is 12.8 Å². The summed E-state index contributed by atoms with van der Waals surface area (Å²) < 4.78 is 10.7. The zero-order valence-electron chi connectivity index (χ0n) is 8.80. The Labute approximate surface area is 84.8 Å². The minimum atomic E-state index is 1.01. The molecule has 0 heterocycles. The third kappa shape index (κ3) is 1.45. The van der Waals surface area contributed by atoms with Gasteiger partial charge in [-0.05, 0) is 37.8 Å². The normalized spacial score (nSPS) is 14.7. The monoisotopic (exact) mass is 192 g/mol. The summed E-state index contributed by atoms with van der Waals surface area (Å²) in [5.74, 6) is 2.03. The maximum absolute atomic E-state index is 5.36. The van der Waals surface area contributed by atoms with Crippen LogP contribution in [0, 0.1) is 0 Å². The molecule has 1 aromatic carbocycles. The molecule has 0 aliphatic heterocycles. The Morgan fingerprint density at radius 1 is 0.857 bits per heavy atom. The lowest BCUT2D eigenvalue weighted by atomic mass is 9.90. The molecule has 0 saturated carbocycles. The van der Waals surface area contributed by atoms with Crippen molar-refractivity contribution >= 4 is 0 Å². The van der Waals surface area contributed by atoms with Crippen LogP contribution in [-0.4, -0.2) is 14.2 Å². The molecule has 0 saturated heterocycles. The van der Waals surface area contributed by atoms with Crippen LogP contribution in [0.4, 0.5) is 0 Å². The highest BCUT2D eigenvalue weighted by molar-refractivity contribution is 5.49. The SMILES string of the molecule is COc1ccc(OC)c2c1CCCC2. The van der Waals surface area contributed by atoms with Crippen molar-refractivity contribution in [2.24, 2.45) is 0 Å². The standard InChI is InChI=1S/C12H16O2/c1-13-11-7-8-12(14-2)10-6-4-3-5-9(10)11/h7-8H,3-6H2,1-2H3. The predicted molar refractivity (Wildman–Crippen MR) is 56.2 cm³/mol. The van der Waals surface area contributed by atoms with E-state index in [1.807, 2.05) is 12.1 Å². The van der Waals surface area contributed by atoms with Crippen LogP contribution in [0.1, 0.15) is 24.0 Å². The van der Waals surface area contributed by atoms with Gasteiger partial charge in [0.15, 0.2) is 0 Å². The van der Waals surface area contributed by atoms with Crippen LogP contribution in [0.15, 0.2) is 12.1 Å². The van der Waals surface area contributed by atoms with Gasteiger partial charge in [-0.15, -0.1) is 0 Å². The van der Waals surface area contributed by atoms with Gasteiger partial charge in [-0.25, -0.2) is 0 Å². The molecular weight excluding hydrogens is 176 g/mol. The van der Waals surface area contributed by atoms with E-state index in [9.17, 15) is 0 Å². The highest BCUT2D eigenvalue weighted by Crippen LogP contribution is 2.35. The van der Waals surface area contributed by atoms with Crippen LogP contribution >= 0.6 is 0 Å². The molecule has 76 valence electrons. The molecule has 0 unspecified atom stereocenters. The lowest BCUT2D eigenvalue weighted by Crippen LogP contribution is -2.06. The summed E-state index contributed by atoms with van der Waals surface area (Å²) in [5.41, 5.74) is 2.69. The number of methoxy groups -OCH3 is 2. The van der Waals surface area contributed by atoms with Crippen molar-refractivity contribution in [2.45, 2.75) is 25.7 Å².